The van der Waals surface area contributed by atoms with Crippen LogP contribution in [-0.4, -0.2) is 31.4 Å². The molecule has 6 nitrogen and oxygen atoms in total. The quantitative estimate of drug-likeness (QED) is 0.438. The van der Waals surface area contributed by atoms with Crippen molar-refractivity contribution >= 4 is 34.7 Å². The van der Waals surface area contributed by atoms with Crippen molar-refractivity contribution in [2.45, 2.75) is 0 Å². The number of phenolic OH excluding ortho intramolecular Hbond substituents is 1. The Bertz CT molecular complexity index is 747. The van der Waals surface area contributed by atoms with Crippen molar-refractivity contribution in [3.63, 3.8) is 0 Å². The largest absolute Gasteiger partial charge is 0.504 e. The number of nitrogens with one attached hydrogen (secondary N) is 1. The summed E-state index contributed by atoms with van der Waals surface area (Å²) < 4.78 is 11.0. The highest BCUT2D eigenvalue weighted by Gasteiger charge is 2.08. The van der Waals surface area contributed by atoms with Crippen LogP contribution in [0.1, 0.15) is 15.9 Å². The summed E-state index contributed by atoms with van der Waals surface area (Å²) in [5.74, 6) is 0.765. The summed E-state index contributed by atoms with van der Waals surface area (Å²) in [4.78, 5) is 12.0. The minimum absolute atomic E-state index is 0.0430. The van der Waals surface area contributed by atoms with Crippen molar-refractivity contribution in [2.24, 2.45) is 5.10 Å². The Kier molecular flexibility index (Phi) is 5.80. The maximum absolute atomic E-state index is 12.0. The van der Waals surface area contributed by atoms with Crippen LogP contribution in [0.5, 0.6) is 17.2 Å². The fourth-order valence-corrected chi connectivity index (χ4v) is 2.55. The molecule has 0 radical (unpaired) electrons. The normalized spacial score (nSPS) is 10.6. The van der Waals surface area contributed by atoms with E-state index in [1.54, 1.807) is 37.4 Å². The number of hydrogen-bond donors (Lipinski definition) is 2. The topological polar surface area (TPSA) is 80.2 Å². The van der Waals surface area contributed by atoms with Crippen molar-refractivity contribution in [1.82, 2.24) is 5.43 Å². The monoisotopic (exact) mass is 426 g/mol. The smallest absolute Gasteiger partial charge is 0.271 e. The van der Waals surface area contributed by atoms with Crippen LogP contribution in [0.3, 0.4) is 0 Å². The Labute approximate surface area is 147 Å². The van der Waals surface area contributed by atoms with Crippen LogP contribution in [0, 0.1) is 3.57 Å². The number of ether oxygens (including phenoxy) is 2. The maximum atomic E-state index is 12.0. The molecule has 0 aromatic heterocycles. The lowest BCUT2D eigenvalue weighted by atomic mass is 10.2. The van der Waals surface area contributed by atoms with E-state index >= 15 is 0 Å². The van der Waals surface area contributed by atoms with Gasteiger partial charge in [0.25, 0.3) is 5.91 Å². The summed E-state index contributed by atoms with van der Waals surface area (Å²) in [6, 6.07) is 9.87. The molecule has 2 N–H and O–H groups in total. The SMILES string of the molecule is COc1cc(C=NNC(=O)c2ccc(OC)c(I)c2)ccc1O. The van der Waals surface area contributed by atoms with Gasteiger partial charge >= 0.3 is 0 Å². The third-order valence-electron chi connectivity index (χ3n) is 3.00. The standard InChI is InChI=1S/C16H15IN2O4/c1-22-14-6-4-11(8-12(14)17)16(21)19-18-9-10-3-5-13(20)15(7-10)23-2/h3-9,20H,1-2H3,(H,19,21). The molecule has 2 rings (SSSR count). The van der Waals surface area contributed by atoms with Crippen LogP contribution in [0.4, 0.5) is 0 Å². The van der Waals surface area contributed by atoms with E-state index in [1.807, 2.05) is 0 Å². The van der Waals surface area contributed by atoms with Gasteiger partial charge in [0.15, 0.2) is 11.5 Å². The highest BCUT2D eigenvalue weighted by molar-refractivity contribution is 14.1. The number of hydrazone groups is 1. The number of halogens is 1. The van der Waals surface area contributed by atoms with Gasteiger partial charge in [0.05, 0.1) is 24.0 Å². The van der Waals surface area contributed by atoms with E-state index in [0.717, 1.165) is 3.57 Å². The summed E-state index contributed by atoms with van der Waals surface area (Å²) in [7, 11) is 3.04. The predicted molar refractivity (Wildman–Crippen MR) is 95.4 cm³/mol. The van der Waals surface area contributed by atoms with Crippen LogP contribution in [0.15, 0.2) is 41.5 Å². The molecule has 0 atom stereocenters. The summed E-state index contributed by atoms with van der Waals surface area (Å²) >= 11 is 2.10. The van der Waals surface area contributed by atoms with Gasteiger partial charge < -0.3 is 14.6 Å². The summed E-state index contributed by atoms with van der Waals surface area (Å²) in [5, 5.41) is 13.4. The number of aromatic hydroxyl groups is 1. The lowest BCUT2D eigenvalue weighted by molar-refractivity contribution is 0.0955. The molecule has 0 heterocycles. The van der Waals surface area contributed by atoms with Crippen molar-refractivity contribution in [2.75, 3.05) is 14.2 Å². The first-order valence-electron chi connectivity index (χ1n) is 6.59. The first kappa shape index (κ1) is 17.1. The Morgan fingerprint density at radius 2 is 1.91 bits per heavy atom. The van der Waals surface area contributed by atoms with Crippen molar-refractivity contribution in [3.05, 3.63) is 51.1 Å². The molecular weight excluding hydrogens is 411 g/mol. The molecular formula is C16H15IN2O4. The third-order valence-corrected chi connectivity index (χ3v) is 3.84. The molecule has 0 saturated heterocycles. The lowest BCUT2D eigenvalue weighted by Gasteiger charge is -2.05. The molecule has 0 aliphatic heterocycles. The van der Waals surface area contributed by atoms with E-state index in [2.05, 4.69) is 33.1 Å². The van der Waals surface area contributed by atoms with Gasteiger partial charge in [-0.15, -0.1) is 0 Å². The molecule has 2 aromatic rings. The Morgan fingerprint density at radius 1 is 1.17 bits per heavy atom. The first-order chi connectivity index (χ1) is 11.0. The van der Waals surface area contributed by atoms with E-state index < -0.39 is 0 Å². The van der Waals surface area contributed by atoms with Gasteiger partial charge in [-0.2, -0.15) is 5.10 Å². The van der Waals surface area contributed by atoms with Crippen LogP contribution in [0.25, 0.3) is 0 Å². The Balaban J connectivity index is 2.05. The number of phenols is 1. The molecule has 1 amide bonds. The minimum Gasteiger partial charge on any atom is -0.504 e. The zero-order chi connectivity index (χ0) is 16.8. The second-order valence-corrected chi connectivity index (χ2v) is 5.64. The summed E-state index contributed by atoms with van der Waals surface area (Å²) in [6.45, 7) is 0. The van der Waals surface area contributed by atoms with Crippen molar-refractivity contribution < 1.29 is 19.4 Å². The lowest BCUT2D eigenvalue weighted by Crippen LogP contribution is -2.17. The van der Waals surface area contributed by atoms with Crippen molar-refractivity contribution in [1.29, 1.82) is 0 Å². The summed E-state index contributed by atoms with van der Waals surface area (Å²) in [6.07, 6.45) is 1.47. The highest BCUT2D eigenvalue weighted by Crippen LogP contribution is 2.25. The second-order valence-electron chi connectivity index (χ2n) is 4.48. The summed E-state index contributed by atoms with van der Waals surface area (Å²) in [5.41, 5.74) is 3.61. The number of carbonyl (C=O) groups excluding carboxylic acids is 1. The van der Waals surface area contributed by atoms with E-state index in [0.29, 0.717) is 22.6 Å². The van der Waals surface area contributed by atoms with E-state index in [1.165, 1.54) is 19.4 Å². The molecule has 0 aliphatic carbocycles. The predicted octanol–water partition coefficient (Wildman–Crippen LogP) is 2.78. The molecule has 23 heavy (non-hydrogen) atoms. The van der Waals surface area contributed by atoms with Gasteiger partial charge in [-0.25, -0.2) is 5.43 Å². The molecule has 0 spiro atoms. The van der Waals surface area contributed by atoms with Gasteiger partial charge in [-0.05, 0) is 64.6 Å². The van der Waals surface area contributed by atoms with E-state index in [-0.39, 0.29) is 11.7 Å². The van der Waals surface area contributed by atoms with Gasteiger partial charge in [-0.1, -0.05) is 0 Å². The Hall–Kier alpha value is -2.29. The zero-order valence-corrected chi connectivity index (χ0v) is 14.7. The molecule has 0 unspecified atom stereocenters. The molecule has 0 bridgehead atoms. The molecule has 7 heteroatoms. The maximum Gasteiger partial charge on any atom is 0.271 e. The number of methoxy groups -OCH3 is 2. The van der Waals surface area contributed by atoms with Crippen LogP contribution >= 0.6 is 22.6 Å². The van der Waals surface area contributed by atoms with Gasteiger partial charge in [0, 0.05) is 5.56 Å². The van der Waals surface area contributed by atoms with Crippen molar-refractivity contribution in [3.8, 4) is 17.2 Å². The van der Waals surface area contributed by atoms with Crippen LogP contribution < -0.4 is 14.9 Å². The molecule has 2 aromatic carbocycles. The number of rotatable bonds is 5. The highest BCUT2D eigenvalue weighted by atomic mass is 127. The third kappa shape index (κ3) is 4.35. The molecule has 0 fully saturated rings. The average Bonchev–Trinajstić information content (AvgIpc) is 2.56. The first-order valence-corrected chi connectivity index (χ1v) is 7.67. The van der Waals surface area contributed by atoms with E-state index in [4.69, 9.17) is 9.47 Å². The molecule has 0 saturated carbocycles. The van der Waals surface area contributed by atoms with Crippen LogP contribution in [0.2, 0.25) is 0 Å². The van der Waals surface area contributed by atoms with Crippen LogP contribution in [-0.2, 0) is 0 Å². The van der Waals surface area contributed by atoms with Gasteiger partial charge in [0.2, 0.25) is 0 Å². The second kappa shape index (κ2) is 7.82. The number of carbonyl (C=O) groups is 1. The number of hydrogen-bond acceptors (Lipinski definition) is 5. The number of benzene rings is 2. The van der Waals surface area contributed by atoms with Gasteiger partial charge in [-0.3, -0.25) is 4.79 Å². The van der Waals surface area contributed by atoms with E-state index in [9.17, 15) is 9.90 Å². The molecule has 120 valence electrons. The number of nitrogens with zero attached hydrogens (tertiary/aromatic N) is 1. The average molecular weight is 426 g/mol. The zero-order valence-electron chi connectivity index (χ0n) is 12.5. The Morgan fingerprint density at radius 3 is 2.57 bits per heavy atom. The minimum atomic E-state index is -0.326. The number of amides is 1. The van der Waals surface area contributed by atoms with Gasteiger partial charge in [0.1, 0.15) is 5.75 Å². The fraction of sp³-hybridized carbons (Fsp3) is 0.125. The fourth-order valence-electron chi connectivity index (χ4n) is 1.81. The molecule has 0 aliphatic rings.